The van der Waals surface area contributed by atoms with Crippen molar-refractivity contribution in [3.8, 4) is 17.1 Å². The Bertz CT molecular complexity index is 990. The lowest BCUT2D eigenvalue weighted by molar-refractivity contribution is -0.113. The van der Waals surface area contributed by atoms with Gasteiger partial charge in [-0.3, -0.25) is 9.36 Å². The molecule has 0 aliphatic rings. The number of hydrogen-bond donors (Lipinski definition) is 1. The number of halogens is 1. The third-order valence-corrected chi connectivity index (χ3v) is 4.76. The lowest BCUT2D eigenvalue weighted by Crippen LogP contribution is -2.14. The first kappa shape index (κ1) is 19.6. The number of methoxy groups -OCH3 is 1. The van der Waals surface area contributed by atoms with Crippen molar-refractivity contribution in [3.63, 3.8) is 0 Å². The van der Waals surface area contributed by atoms with E-state index < -0.39 is 5.82 Å². The number of allylic oxidation sites excluding steroid dienone is 1. The highest BCUT2D eigenvalue weighted by Gasteiger charge is 2.15. The number of thioether (sulfide) groups is 1. The van der Waals surface area contributed by atoms with Gasteiger partial charge in [0, 0.05) is 17.8 Å². The van der Waals surface area contributed by atoms with Crippen molar-refractivity contribution in [3.05, 3.63) is 67.0 Å². The van der Waals surface area contributed by atoms with Gasteiger partial charge in [0.2, 0.25) is 5.91 Å². The van der Waals surface area contributed by atoms with Crippen molar-refractivity contribution in [2.75, 3.05) is 18.2 Å². The SMILES string of the molecule is C=CCn1c(SCC(=O)Nc2cccc(F)c2)nnc1-c1cccc(OC)c1. The van der Waals surface area contributed by atoms with Crippen LogP contribution in [0.3, 0.4) is 0 Å². The summed E-state index contributed by atoms with van der Waals surface area (Å²) in [5.74, 6) is 0.830. The van der Waals surface area contributed by atoms with Gasteiger partial charge < -0.3 is 10.1 Å². The molecule has 144 valence electrons. The largest absolute Gasteiger partial charge is 0.497 e. The molecular weight excluding hydrogens is 379 g/mol. The number of aromatic nitrogens is 3. The number of nitrogens with zero attached hydrogens (tertiary/aromatic N) is 3. The van der Waals surface area contributed by atoms with Crippen LogP contribution in [0.5, 0.6) is 5.75 Å². The fourth-order valence-corrected chi connectivity index (χ4v) is 3.31. The molecule has 0 bridgehead atoms. The molecule has 0 saturated heterocycles. The summed E-state index contributed by atoms with van der Waals surface area (Å²) in [7, 11) is 1.60. The Balaban J connectivity index is 1.74. The molecule has 0 atom stereocenters. The van der Waals surface area contributed by atoms with E-state index in [1.807, 2.05) is 28.8 Å². The standard InChI is InChI=1S/C20H19FN4O2S/c1-3-10-25-19(14-6-4-9-17(11-14)27-2)23-24-20(25)28-13-18(26)22-16-8-5-7-15(21)12-16/h3-9,11-12H,1,10,13H2,2H3,(H,22,26). The van der Waals surface area contributed by atoms with Gasteiger partial charge in [0.1, 0.15) is 11.6 Å². The summed E-state index contributed by atoms with van der Waals surface area (Å²) in [5, 5.41) is 11.7. The van der Waals surface area contributed by atoms with Crippen LogP contribution in [-0.4, -0.2) is 33.5 Å². The van der Waals surface area contributed by atoms with E-state index in [0.29, 0.717) is 29.0 Å². The Morgan fingerprint density at radius 1 is 1.29 bits per heavy atom. The van der Waals surface area contributed by atoms with E-state index in [-0.39, 0.29) is 11.7 Å². The molecule has 0 radical (unpaired) electrons. The van der Waals surface area contributed by atoms with E-state index in [1.165, 1.54) is 23.9 Å². The summed E-state index contributed by atoms with van der Waals surface area (Å²) in [6, 6.07) is 13.3. The van der Waals surface area contributed by atoms with Gasteiger partial charge in [-0.25, -0.2) is 4.39 Å². The first-order valence-corrected chi connectivity index (χ1v) is 9.46. The van der Waals surface area contributed by atoms with E-state index in [1.54, 1.807) is 25.3 Å². The summed E-state index contributed by atoms with van der Waals surface area (Å²) in [5.41, 5.74) is 1.26. The molecule has 8 heteroatoms. The highest BCUT2D eigenvalue weighted by Crippen LogP contribution is 2.26. The van der Waals surface area contributed by atoms with E-state index in [4.69, 9.17) is 4.74 Å². The second-order valence-corrected chi connectivity index (χ2v) is 6.73. The lowest BCUT2D eigenvalue weighted by atomic mass is 10.2. The average Bonchev–Trinajstić information content (AvgIpc) is 3.09. The number of nitrogens with one attached hydrogen (secondary N) is 1. The van der Waals surface area contributed by atoms with Crippen LogP contribution in [0.25, 0.3) is 11.4 Å². The molecule has 1 heterocycles. The second kappa shape index (κ2) is 9.18. The minimum absolute atomic E-state index is 0.115. The van der Waals surface area contributed by atoms with Gasteiger partial charge in [-0.1, -0.05) is 36.0 Å². The molecule has 0 aliphatic heterocycles. The number of benzene rings is 2. The minimum Gasteiger partial charge on any atom is -0.497 e. The third kappa shape index (κ3) is 4.77. The van der Waals surface area contributed by atoms with Crippen LogP contribution >= 0.6 is 11.8 Å². The zero-order valence-electron chi connectivity index (χ0n) is 15.3. The molecule has 1 N–H and O–H groups in total. The van der Waals surface area contributed by atoms with Crippen molar-refractivity contribution in [1.29, 1.82) is 0 Å². The van der Waals surface area contributed by atoms with Gasteiger partial charge in [-0.15, -0.1) is 16.8 Å². The third-order valence-electron chi connectivity index (χ3n) is 3.80. The summed E-state index contributed by atoms with van der Waals surface area (Å²) in [4.78, 5) is 12.2. The number of amides is 1. The zero-order valence-corrected chi connectivity index (χ0v) is 16.1. The Labute approximate surface area is 166 Å². The predicted molar refractivity (Wildman–Crippen MR) is 108 cm³/mol. The van der Waals surface area contributed by atoms with Gasteiger partial charge in [-0.05, 0) is 30.3 Å². The maximum Gasteiger partial charge on any atom is 0.234 e. The number of carbonyl (C=O) groups is 1. The number of carbonyl (C=O) groups excluding carboxylic acids is 1. The highest BCUT2D eigenvalue weighted by molar-refractivity contribution is 7.99. The molecule has 0 saturated carbocycles. The van der Waals surface area contributed by atoms with Gasteiger partial charge >= 0.3 is 0 Å². The number of hydrogen-bond acceptors (Lipinski definition) is 5. The zero-order chi connectivity index (χ0) is 19.9. The summed E-state index contributed by atoms with van der Waals surface area (Å²) >= 11 is 1.25. The van der Waals surface area contributed by atoms with Crippen LogP contribution in [0, 0.1) is 5.82 Å². The van der Waals surface area contributed by atoms with Crippen LogP contribution in [-0.2, 0) is 11.3 Å². The van der Waals surface area contributed by atoms with Crippen LogP contribution in [0.4, 0.5) is 10.1 Å². The molecule has 0 aliphatic carbocycles. The Kier molecular flexibility index (Phi) is 6.44. The van der Waals surface area contributed by atoms with E-state index in [2.05, 4.69) is 22.1 Å². The molecule has 0 unspecified atom stereocenters. The molecule has 28 heavy (non-hydrogen) atoms. The molecular formula is C20H19FN4O2S. The fourth-order valence-electron chi connectivity index (χ4n) is 2.56. The number of rotatable bonds is 8. The van der Waals surface area contributed by atoms with Crippen molar-refractivity contribution < 1.29 is 13.9 Å². The first-order chi connectivity index (χ1) is 13.6. The predicted octanol–water partition coefficient (Wildman–Crippen LogP) is 4.01. The van der Waals surface area contributed by atoms with Gasteiger partial charge in [0.15, 0.2) is 11.0 Å². The van der Waals surface area contributed by atoms with Crippen molar-refractivity contribution in [2.24, 2.45) is 0 Å². The molecule has 2 aromatic carbocycles. The Hall–Kier alpha value is -3.13. The van der Waals surface area contributed by atoms with Gasteiger partial charge in [0.25, 0.3) is 0 Å². The minimum atomic E-state index is -0.404. The van der Waals surface area contributed by atoms with Crippen molar-refractivity contribution in [1.82, 2.24) is 14.8 Å². The average molecular weight is 398 g/mol. The van der Waals surface area contributed by atoms with Crippen LogP contribution in [0.1, 0.15) is 0 Å². The van der Waals surface area contributed by atoms with Crippen LogP contribution < -0.4 is 10.1 Å². The normalized spacial score (nSPS) is 10.5. The molecule has 3 rings (SSSR count). The van der Waals surface area contributed by atoms with Gasteiger partial charge in [0.05, 0.1) is 12.9 Å². The van der Waals surface area contributed by atoms with Crippen LogP contribution in [0.15, 0.2) is 66.3 Å². The van der Waals surface area contributed by atoms with Crippen molar-refractivity contribution in [2.45, 2.75) is 11.7 Å². The fraction of sp³-hybridized carbons (Fsp3) is 0.150. The first-order valence-electron chi connectivity index (χ1n) is 8.47. The smallest absolute Gasteiger partial charge is 0.234 e. The highest BCUT2D eigenvalue weighted by atomic mass is 32.2. The van der Waals surface area contributed by atoms with E-state index in [0.717, 1.165) is 5.56 Å². The maximum absolute atomic E-state index is 13.2. The maximum atomic E-state index is 13.2. The Morgan fingerprint density at radius 3 is 2.86 bits per heavy atom. The topological polar surface area (TPSA) is 69.0 Å². The Morgan fingerprint density at radius 2 is 2.11 bits per heavy atom. The van der Waals surface area contributed by atoms with Gasteiger partial charge in [-0.2, -0.15) is 0 Å². The lowest BCUT2D eigenvalue weighted by Gasteiger charge is -2.09. The summed E-state index contributed by atoms with van der Waals surface area (Å²) < 4.78 is 20.4. The number of ether oxygens (including phenoxy) is 1. The summed E-state index contributed by atoms with van der Waals surface area (Å²) in [6.45, 7) is 4.27. The molecule has 0 spiro atoms. The van der Waals surface area contributed by atoms with Crippen LogP contribution in [0.2, 0.25) is 0 Å². The molecule has 3 aromatic rings. The molecule has 6 nitrogen and oxygen atoms in total. The second-order valence-electron chi connectivity index (χ2n) is 5.78. The summed E-state index contributed by atoms with van der Waals surface area (Å²) in [6.07, 6.45) is 1.74. The van der Waals surface area contributed by atoms with Crippen molar-refractivity contribution >= 4 is 23.4 Å². The monoisotopic (exact) mass is 398 g/mol. The van der Waals surface area contributed by atoms with E-state index in [9.17, 15) is 9.18 Å². The molecule has 1 amide bonds. The number of anilines is 1. The molecule has 0 fully saturated rings. The molecule has 1 aromatic heterocycles. The quantitative estimate of drug-likeness (QED) is 0.459. The van der Waals surface area contributed by atoms with E-state index >= 15 is 0 Å².